The zero-order valence-electron chi connectivity index (χ0n) is 12.2. The first-order chi connectivity index (χ1) is 9.19. The molecule has 106 valence electrons. The molecule has 3 heteroatoms. The second-order valence-electron chi connectivity index (χ2n) is 5.62. The zero-order chi connectivity index (χ0) is 13.7. The smallest absolute Gasteiger partial charge is 0.119 e. The average molecular weight is 262 g/mol. The number of rotatable bonds is 5. The highest BCUT2D eigenvalue weighted by Gasteiger charge is 2.19. The standard InChI is InChI=1S/C16H26N2O/c1-13-8-14(2)10-16(9-13)19-12-15(11-17)18-6-4-3-5-7-18/h8-10,15H,3-7,11-12,17H2,1-2H3. The largest absolute Gasteiger partial charge is 0.492 e. The number of nitrogens with zero attached hydrogens (tertiary/aromatic N) is 1. The molecule has 0 saturated carbocycles. The van der Waals surface area contributed by atoms with E-state index in [-0.39, 0.29) is 0 Å². The summed E-state index contributed by atoms with van der Waals surface area (Å²) in [5.74, 6) is 0.966. The van der Waals surface area contributed by atoms with Gasteiger partial charge in [0.1, 0.15) is 12.4 Å². The Morgan fingerprint density at radius 3 is 2.32 bits per heavy atom. The van der Waals surface area contributed by atoms with Crippen LogP contribution in [0.3, 0.4) is 0 Å². The highest BCUT2D eigenvalue weighted by atomic mass is 16.5. The molecule has 0 aromatic heterocycles. The Bertz CT molecular complexity index is 379. The number of likely N-dealkylation sites (tertiary alicyclic amines) is 1. The van der Waals surface area contributed by atoms with Crippen molar-refractivity contribution in [2.75, 3.05) is 26.2 Å². The molecule has 1 aliphatic heterocycles. The number of hydrogen-bond acceptors (Lipinski definition) is 3. The van der Waals surface area contributed by atoms with Gasteiger partial charge in [0.25, 0.3) is 0 Å². The molecule has 1 heterocycles. The molecule has 1 aromatic carbocycles. The van der Waals surface area contributed by atoms with Gasteiger partial charge in [-0.3, -0.25) is 4.90 Å². The first kappa shape index (κ1) is 14.4. The SMILES string of the molecule is Cc1cc(C)cc(OCC(CN)N2CCCCC2)c1. The Labute approximate surface area is 116 Å². The van der Waals surface area contributed by atoms with Crippen LogP contribution in [0.15, 0.2) is 18.2 Å². The Morgan fingerprint density at radius 2 is 1.74 bits per heavy atom. The fourth-order valence-electron chi connectivity index (χ4n) is 2.81. The van der Waals surface area contributed by atoms with Crippen LogP contribution < -0.4 is 10.5 Å². The van der Waals surface area contributed by atoms with Gasteiger partial charge in [-0.1, -0.05) is 12.5 Å². The predicted molar refractivity (Wildman–Crippen MR) is 79.7 cm³/mol. The summed E-state index contributed by atoms with van der Waals surface area (Å²) >= 11 is 0. The third-order valence-corrected chi connectivity index (χ3v) is 3.82. The van der Waals surface area contributed by atoms with E-state index in [1.807, 2.05) is 0 Å². The lowest BCUT2D eigenvalue weighted by Crippen LogP contribution is -2.46. The van der Waals surface area contributed by atoms with Crippen molar-refractivity contribution in [3.05, 3.63) is 29.3 Å². The van der Waals surface area contributed by atoms with E-state index in [2.05, 4.69) is 36.9 Å². The van der Waals surface area contributed by atoms with Crippen LogP contribution >= 0.6 is 0 Å². The molecule has 0 aliphatic carbocycles. The van der Waals surface area contributed by atoms with Crippen molar-refractivity contribution in [1.29, 1.82) is 0 Å². The van der Waals surface area contributed by atoms with E-state index in [4.69, 9.17) is 10.5 Å². The first-order valence-corrected chi connectivity index (χ1v) is 7.34. The van der Waals surface area contributed by atoms with Crippen molar-refractivity contribution in [2.45, 2.75) is 39.2 Å². The lowest BCUT2D eigenvalue weighted by molar-refractivity contribution is 0.118. The van der Waals surface area contributed by atoms with Crippen molar-refractivity contribution >= 4 is 0 Å². The van der Waals surface area contributed by atoms with Gasteiger partial charge in [0.2, 0.25) is 0 Å². The van der Waals surface area contributed by atoms with Crippen molar-refractivity contribution in [3.63, 3.8) is 0 Å². The van der Waals surface area contributed by atoms with Crippen molar-refractivity contribution in [3.8, 4) is 5.75 Å². The third-order valence-electron chi connectivity index (χ3n) is 3.82. The molecule has 3 nitrogen and oxygen atoms in total. The molecule has 1 fully saturated rings. The fraction of sp³-hybridized carbons (Fsp3) is 0.625. The van der Waals surface area contributed by atoms with E-state index in [1.165, 1.54) is 30.4 Å². The van der Waals surface area contributed by atoms with Gasteiger partial charge in [-0.25, -0.2) is 0 Å². The van der Waals surface area contributed by atoms with E-state index in [1.54, 1.807) is 0 Å². The van der Waals surface area contributed by atoms with Crippen LogP contribution in [0.4, 0.5) is 0 Å². The zero-order valence-corrected chi connectivity index (χ0v) is 12.2. The van der Waals surface area contributed by atoms with Gasteiger partial charge in [-0.15, -0.1) is 0 Å². The van der Waals surface area contributed by atoms with Gasteiger partial charge in [-0.2, -0.15) is 0 Å². The number of benzene rings is 1. The molecule has 0 radical (unpaired) electrons. The molecular formula is C16H26N2O. The van der Waals surface area contributed by atoms with Crippen LogP contribution in [-0.4, -0.2) is 37.2 Å². The molecule has 1 unspecified atom stereocenters. The van der Waals surface area contributed by atoms with Gasteiger partial charge in [0, 0.05) is 6.54 Å². The Hall–Kier alpha value is -1.06. The molecule has 0 bridgehead atoms. The van der Waals surface area contributed by atoms with Crippen LogP contribution in [0.1, 0.15) is 30.4 Å². The molecule has 2 N–H and O–H groups in total. The molecule has 19 heavy (non-hydrogen) atoms. The van der Waals surface area contributed by atoms with E-state index in [9.17, 15) is 0 Å². The van der Waals surface area contributed by atoms with Gasteiger partial charge in [0.05, 0.1) is 6.04 Å². The summed E-state index contributed by atoms with van der Waals surface area (Å²) in [6, 6.07) is 6.70. The quantitative estimate of drug-likeness (QED) is 0.886. The number of aryl methyl sites for hydroxylation is 2. The molecule has 2 rings (SSSR count). The Kier molecular flexibility index (Phi) is 5.23. The van der Waals surface area contributed by atoms with Gasteiger partial charge in [-0.05, 0) is 63.0 Å². The summed E-state index contributed by atoms with van der Waals surface area (Å²) < 4.78 is 5.95. The summed E-state index contributed by atoms with van der Waals surface area (Å²) in [6.45, 7) is 7.90. The maximum absolute atomic E-state index is 5.95. The van der Waals surface area contributed by atoms with E-state index >= 15 is 0 Å². The number of nitrogens with two attached hydrogens (primary N) is 1. The van der Waals surface area contributed by atoms with E-state index in [0.717, 1.165) is 18.8 Å². The van der Waals surface area contributed by atoms with E-state index < -0.39 is 0 Å². The molecule has 0 amide bonds. The minimum Gasteiger partial charge on any atom is -0.492 e. The summed E-state index contributed by atoms with van der Waals surface area (Å²) in [4.78, 5) is 2.48. The minimum atomic E-state index is 0.348. The van der Waals surface area contributed by atoms with Crippen molar-refractivity contribution < 1.29 is 4.74 Å². The maximum Gasteiger partial charge on any atom is 0.119 e. The van der Waals surface area contributed by atoms with Gasteiger partial charge in [0.15, 0.2) is 0 Å². The highest BCUT2D eigenvalue weighted by molar-refractivity contribution is 5.33. The second-order valence-corrected chi connectivity index (χ2v) is 5.62. The average Bonchev–Trinajstić information content (AvgIpc) is 2.39. The van der Waals surface area contributed by atoms with E-state index in [0.29, 0.717) is 19.2 Å². The number of piperidine rings is 1. The Balaban J connectivity index is 1.91. The molecule has 0 spiro atoms. The third kappa shape index (κ3) is 4.22. The number of ether oxygens (including phenoxy) is 1. The minimum absolute atomic E-state index is 0.348. The van der Waals surface area contributed by atoms with Crippen molar-refractivity contribution in [1.82, 2.24) is 4.90 Å². The van der Waals surface area contributed by atoms with Crippen LogP contribution in [0.5, 0.6) is 5.75 Å². The normalized spacial score (nSPS) is 18.3. The maximum atomic E-state index is 5.95. The monoisotopic (exact) mass is 262 g/mol. The van der Waals surface area contributed by atoms with Gasteiger partial charge < -0.3 is 10.5 Å². The lowest BCUT2D eigenvalue weighted by atomic mass is 10.1. The molecule has 1 aliphatic rings. The highest BCUT2D eigenvalue weighted by Crippen LogP contribution is 2.18. The summed E-state index contributed by atoms with van der Waals surface area (Å²) in [6.07, 6.45) is 3.94. The van der Waals surface area contributed by atoms with Crippen LogP contribution in [-0.2, 0) is 0 Å². The molecule has 1 atom stereocenters. The number of hydrogen-bond donors (Lipinski definition) is 1. The Morgan fingerprint density at radius 1 is 1.11 bits per heavy atom. The van der Waals surface area contributed by atoms with Crippen LogP contribution in [0, 0.1) is 13.8 Å². The van der Waals surface area contributed by atoms with Crippen LogP contribution in [0.2, 0.25) is 0 Å². The predicted octanol–water partition coefficient (Wildman–Crippen LogP) is 2.50. The lowest BCUT2D eigenvalue weighted by Gasteiger charge is -2.33. The van der Waals surface area contributed by atoms with Gasteiger partial charge >= 0.3 is 0 Å². The molecule has 1 saturated heterocycles. The first-order valence-electron chi connectivity index (χ1n) is 7.34. The fourth-order valence-corrected chi connectivity index (χ4v) is 2.81. The van der Waals surface area contributed by atoms with Crippen molar-refractivity contribution in [2.24, 2.45) is 5.73 Å². The molecular weight excluding hydrogens is 236 g/mol. The second kappa shape index (κ2) is 6.92. The van der Waals surface area contributed by atoms with Crippen LogP contribution in [0.25, 0.3) is 0 Å². The summed E-state index contributed by atoms with van der Waals surface area (Å²) in [5.41, 5.74) is 8.40. The summed E-state index contributed by atoms with van der Waals surface area (Å²) in [7, 11) is 0. The topological polar surface area (TPSA) is 38.5 Å². The summed E-state index contributed by atoms with van der Waals surface area (Å²) in [5, 5.41) is 0. The molecule has 1 aromatic rings.